The van der Waals surface area contributed by atoms with Crippen molar-refractivity contribution in [3.8, 4) is 5.75 Å². The van der Waals surface area contributed by atoms with Crippen LogP contribution in [0.2, 0.25) is 0 Å². The number of carbonyl (C=O) groups is 1. The number of methoxy groups -OCH3 is 1. The molecule has 3 nitrogen and oxygen atoms in total. The third-order valence-electron chi connectivity index (χ3n) is 2.11. The zero-order valence-electron chi connectivity index (χ0n) is 8.86. The number of carboxylic acid groups (broad SMARTS) is 1. The molecule has 0 spiro atoms. The summed E-state index contributed by atoms with van der Waals surface area (Å²) in [5.74, 6) is -0.103. The van der Waals surface area contributed by atoms with Crippen molar-refractivity contribution < 1.29 is 14.6 Å². The van der Waals surface area contributed by atoms with Gasteiger partial charge in [-0.3, -0.25) is 0 Å². The Morgan fingerprint density at radius 1 is 1.40 bits per heavy atom. The minimum absolute atomic E-state index is 0.403. The van der Waals surface area contributed by atoms with Crippen LogP contribution in [0.5, 0.6) is 5.75 Å². The maximum absolute atomic E-state index is 10.8. The summed E-state index contributed by atoms with van der Waals surface area (Å²) in [6.45, 7) is 1.82. The van der Waals surface area contributed by atoms with Crippen LogP contribution in [0.1, 0.15) is 18.9 Å². The summed E-state index contributed by atoms with van der Waals surface area (Å²) in [6.07, 6.45) is 2.18. The topological polar surface area (TPSA) is 46.5 Å². The van der Waals surface area contributed by atoms with Crippen LogP contribution in [0.15, 0.2) is 29.8 Å². The van der Waals surface area contributed by atoms with Gasteiger partial charge in [-0.2, -0.15) is 0 Å². The van der Waals surface area contributed by atoms with Gasteiger partial charge in [-0.1, -0.05) is 19.1 Å². The third kappa shape index (κ3) is 3.13. The van der Waals surface area contributed by atoms with Crippen LogP contribution in [0.25, 0.3) is 6.08 Å². The van der Waals surface area contributed by atoms with Gasteiger partial charge in [-0.25, -0.2) is 4.79 Å². The fourth-order valence-corrected chi connectivity index (χ4v) is 1.22. The third-order valence-corrected chi connectivity index (χ3v) is 2.11. The molecule has 80 valence electrons. The normalized spacial score (nSPS) is 11.2. The monoisotopic (exact) mass is 206 g/mol. The predicted molar refractivity (Wildman–Crippen MR) is 58.9 cm³/mol. The second kappa shape index (κ2) is 5.20. The van der Waals surface area contributed by atoms with E-state index in [9.17, 15) is 4.79 Å². The van der Waals surface area contributed by atoms with Gasteiger partial charge in [0, 0.05) is 5.57 Å². The zero-order valence-corrected chi connectivity index (χ0v) is 8.86. The van der Waals surface area contributed by atoms with E-state index in [2.05, 4.69) is 0 Å². The second-order valence-corrected chi connectivity index (χ2v) is 3.10. The summed E-state index contributed by atoms with van der Waals surface area (Å²) in [7, 11) is 1.60. The smallest absolute Gasteiger partial charge is 0.331 e. The first kappa shape index (κ1) is 11.3. The van der Waals surface area contributed by atoms with Crippen LogP contribution in [0.3, 0.4) is 0 Å². The van der Waals surface area contributed by atoms with E-state index in [0.717, 1.165) is 11.3 Å². The highest BCUT2D eigenvalue weighted by atomic mass is 16.5. The molecule has 0 aromatic heterocycles. The molecule has 0 amide bonds. The standard InChI is InChI=1S/C12H14O3/c1-3-10(12(13)14)8-9-4-6-11(15-2)7-5-9/h4-8H,3H2,1-2H3,(H,13,14)/b10-8+. The van der Waals surface area contributed by atoms with Crippen molar-refractivity contribution in [2.24, 2.45) is 0 Å². The van der Waals surface area contributed by atoms with Crippen molar-refractivity contribution in [2.45, 2.75) is 13.3 Å². The molecule has 1 aromatic rings. The summed E-state index contributed by atoms with van der Waals surface area (Å²) < 4.78 is 5.01. The molecule has 0 aliphatic heterocycles. The van der Waals surface area contributed by atoms with E-state index in [1.807, 2.05) is 19.1 Å². The summed E-state index contributed by atoms with van der Waals surface area (Å²) in [6, 6.07) is 7.27. The molecule has 0 fully saturated rings. The molecule has 1 rings (SSSR count). The molecule has 0 aliphatic carbocycles. The predicted octanol–water partition coefficient (Wildman–Crippen LogP) is 2.57. The molecule has 15 heavy (non-hydrogen) atoms. The van der Waals surface area contributed by atoms with Gasteiger partial charge in [0.15, 0.2) is 0 Å². The highest BCUT2D eigenvalue weighted by Crippen LogP contribution is 2.15. The molecule has 0 saturated heterocycles. The SMILES string of the molecule is CC/C(=C\c1ccc(OC)cc1)C(=O)O. The summed E-state index contributed by atoms with van der Waals surface area (Å²) in [5, 5.41) is 8.84. The lowest BCUT2D eigenvalue weighted by Crippen LogP contribution is -1.98. The van der Waals surface area contributed by atoms with Crippen LogP contribution >= 0.6 is 0 Å². The first-order valence-electron chi connectivity index (χ1n) is 4.75. The van der Waals surface area contributed by atoms with Crippen molar-refractivity contribution >= 4 is 12.0 Å². The first-order chi connectivity index (χ1) is 7.17. The molecule has 0 saturated carbocycles. The Balaban J connectivity index is 2.92. The first-order valence-corrected chi connectivity index (χ1v) is 4.75. The quantitative estimate of drug-likeness (QED) is 0.770. The Hall–Kier alpha value is -1.77. The molecule has 3 heteroatoms. The fraction of sp³-hybridized carbons (Fsp3) is 0.250. The lowest BCUT2D eigenvalue weighted by molar-refractivity contribution is -0.132. The van der Waals surface area contributed by atoms with Crippen molar-refractivity contribution in [1.82, 2.24) is 0 Å². The second-order valence-electron chi connectivity index (χ2n) is 3.10. The Kier molecular flexibility index (Phi) is 3.92. The maximum atomic E-state index is 10.8. The zero-order chi connectivity index (χ0) is 11.3. The fourth-order valence-electron chi connectivity index (χ4n) is 1.22. The highest BCUT2D eigenvalue weighted by Gasteiger charge is 2.03. The Morgan fingerprint density at radius 2 is 2.00 bits per heavy atom. The van der Waals surface area contributed by atoms with Crippen molar-refractivity contribution in [3.63, 3.8) is 0 Å². The van der Waals surface area contributed by atoms with Gasteiger partial charge in [-0.05, 0) is 30.2 Å². The van der Waals surface area contributed by atoms with Crippen molar-refractivity contribution in [2.75, 3.05) is 7.11 Å². The lowest BCUT2D eigenvalue weighted by atomic mass is 10.1. The molecular weight excluding hydrogens is 192 g/mol. The van der Waals surface area contributed by atoms with Crippen molar-refractivity contribution in [1.29, 1.82) is 0 Å². The van der Waals surface area contributed by atoms with E-state index in [4.69, 9.17) is 9.84 Å². The van der Waals surface area contributed by atoms with Gasteiger partial charge in [0.1, 0.15) is 5.75 Å². The van der Waals surface area contributed by atoms with Crippen LogP contribution in [-0.4, -0.2) is 18.2 Å². The van der Waals surface area contributed by atoms with Crippen LogP contribution in [0.4, 0.5) is 0 Å². The van der Waals surface area contributed by atoms with Crippen LogP contribution in [-0.2, 0) is 4.79 Å². The number of hydrogen-bond donors (Lipinski definition) is 1. The van der Waals surface area contributed by atoms with E-state index in [1.54, 1.807) is 25.3 Å². The molecular formula is C12H14O3. The molecule has 0 atom stereocenters. The average molecular weight is 206 g/mol. The average Bonchev–Trinajstić information content (AvgIpc) is 2.26. The van der Waals surface area contributed by atoms with Gasteiger partial charge in [0.2, 0.25) is 0 Å². The highest BCUT2D eigenvalue weighted by molar-refractivity contribution is 5.92. The molecule has 0 aliphatic rings. The summed E-state index contributed by atoms with van der Waals surface area (Å²) in [5.41, 5.74) is 1.27. The van der Waals surface area contributed by atoms with Gasteiger partial charge >= 0.3 is 5.97 Å². The minimum Gasteiger partial charge on any atom is -0.497 e. The number of ether oxygens (including phenoxy) is 1. The van der Waals surface area contributed by atoms with Crippen LogP contribution in [0, 0.1) is 0 Å². The Morgan fingerprint density at radius 3 is 2.40 bits per heavy atom. The number of carboxylic acids is 1. The molecule has 0 unspecified atom stereocenters. The van der Waals surface area contributed by atoms with Crippen molar-refractivity contribution in [3.05, 3.63) is 35.4 Å². The minimum atomic E-state index is -0.867. The van der Waals surface area contributed by atoms with Gasteiger partial charge in [0.05, 0.1) is 7.11 Å². The molecule has 0 radical (unpaired) electrons. The Bertz CT molecular complexity index is 363. The van der Waals surface area contributed by atoms with E-state index >= 15 is 0 Å². The lowest BCUT2D eigenvalue weighted by Gasteiger charge is -2.01. The van der Waals surface area contributed by atoms with Gasteiger partial charge in [0.25, 0.3) is 0 Å². The molecule has 1 aromatic carbocycles. The van der Waals surface area contributed by atoms with Gasteiger partial charge < -0.3 is 9.84 Å². The maximum Gasteiger partial charge on any atom is 0.331 e. The molecule has 0 bridgehead atoms. The van der Waals surface area contributed by atoms with E-state index < -0.39 is 5.97 Å². The van der Waals surface area contributed by atoms with E-state index in [1.165, 1.54) is 0 Å². The number of aliphatic carboxylic acids is 1. The molecule has 0 heterocycles. The number of benzene rings is 1. The summed E-state index contributed by atoms with van der Waals surface area (Å²) in [4.78, 5) is 10.8. The molecule has 1 N–H and O–H groups in total. The number of rotatable bonds is 4. The van der Waals surface area contributed by atoms with E-state index in [0.29, 0.717) is 12.0 Å². The van der Waals surface area contributed by atoms with Gasteiger partial charge in [-0.15, -0.1) is 0 Å². The number of hydrogen-bond acceptors (Lipinski definition) is 2. The Labute approximate surface area is 89.0 Å². The largest absolute Gasteiger partial charge is 0.497 e. The summed E-state index contributed by atoms with van der Waals surface area (Å²) >= 11 is 0. The van der Waals surface area contributed by atoms with E-state index in [-0.39, 0.29) is 0 Å². The van der Waals surface area contributed by atoms with Crippen LogP contribution < -0.4 is 4.74 Å².